The van der Waals surface area contributed by atoms with Crippen LogP contribution in [0.15, 0.2) is 24.4 Å². The van der Waals surface area contributed by atoms with Crippen LogP contribution in [-0.4, -0.2) is 9.78 Å². The number of hydrogen-bond acceptors (Lipinski definition) is 2. The molecule has 0 amide bonds. The first-order valence-electron chi connectivity index (χ1n) is 3.44. The van der Waals surface area contributed by atoms with Gasteiger partial charge in [0.25, 0.3) is 0 Å². The number of nitrogen functional groups attached to an aromatic ring is 1. The molecule has 6 heteroatoms. The molecule has 0 unspecified atom stereocenters. The van der Waals surface area contributed by atoms with E-state index in [4.69, 9.17) is 5.73 Å². The molecule has 0 fully saturated rings. The molecule has 1 aromatic carbocycles. The lowest BCUT2D eigenvalue weighted by Crippen LogP contribution is -1.88. The maximum absolute atomic E-state index is 5.60. The molecule has 0 spiro atoms. The molecule has 0 aliphatic rings. The molecule has 0 atom stereocenters. The SMILES string of the molecule is Cl.Cl.Cl.Cn1ncc2cc(N)ccc21. The molecule has 3 nitrogen and oxygen atoms in total. The minimum atomic E-state index is 0. The minimum absolute atomic E-state index is 0. The fourth-order valence-corrected chi connectivity index (χ4v) is 1.18. The smallest absolute Gasteiger partial charge is 0.0680 e. The van der Waals surface area contributed by atoms with E-state index >= 15 is 0 Å². The molecule has 2 N–H and O–H groups in total. The van der Waals surface area contributed by atoms with E-state index in [0.717, 1.165) is 16.6 Å². The van der Waals surface area contributed by atoms with E-state index in [0.29, 0.717) is 0 Å². The topological polar surface area (TPSA) is 43.8 Å². The first-order valence-corrected chi connectivity index (χ1v) is 3.44. The summed E-state index contributed by atoms with van der Waals surface area (Å²) in [6.45, 7) is 0. The number of fused-ring (bicyclic) bond motifs is 1. The van der Waals surface area contributed by atoms with Crippen molar-refractivity contribution in [2.24, 2.45) is 7.05 Å². The average Bonchev–Trinajstić information content (AvgIpc) is 2.32. The molecule has 0 aliphatic carbocycles. The fraction of sp³-hybridized carbons (Fsp3) is 0.125. The van der Waals surface area contributed by atoms with Crippen LogP contribution in [0.5, 0.6) is 0 Å². The molecular formula is C8H12Cl3N3. The van der Waals surface area contributed by atoms with Crippen LogP contribution in [0.3, 0.4) is 0 Å². The molecule has 1 heterocycles. The largest absolute Gasteiger partial charge is 0.399 e. The summed E-state index contributed by atoms with van der Waals surface area (Å²) in [5.74, 6) is 0. The highest BCUT2D eigenvalue weighted by atomic mass is 35.5. The van der Waals surface area contributed by atoms with E-state index in [1.165, 1.54) is 0 Å². The Labute approximate surface area is 101 Å². The minimum Gasteiger partial charge on any atom is -0.399 e. The third-order valence-electron chi connectivity index (χ3n) is 1.77. The number of benzene rings is 1. The number of anilines is 1. The highest BCUT2D eigenvalue weighted by Crippen LogP contribution is 2.15. The maximum atomic E-state index is 5.60. The highest BCUT2D eigenvalue weighted by molar-refractivity contribution is 5.86. The standard InChI is InChI=1S/C8H9N3.3ClH/c1-11-8-3-2-7(9)4-6(8)5-10-11;;;/h2-5H,9H2,1H3;3*1H. The number of nitrogens with two attached hydrogens (primary N) is 1. The van der Waals surface area contributed by atoms with Gasteiger partial charge in [0.15, 0.2) is 0 Å². The fourth-order valence-electron chi connectivity index (χ4n) is 1.18. The van der Waals surface area contributed by atoms with Crippen molar-refractivity contribution in [2.45, 2.75) is 0 Å². The van der Waals surface area contributed by atoms with E-state index in [-0.39, 0.29) is 37.2 Å². The summed E-state index contributed by atoms with van der Waals surface area (Å²) in [7, 11) is 1.92. The summed E-state index contributed by atoms with van der Waals surface area (Å²) >= 11 is 0. The molecule has 0 saturated heterocycles. The Bertz CT molecular complexity index is 400. The Hall–Kier alpha value is -0.640. The van der Waals surface area contributed by atoms with Gasteiger partial charge >= 0.3 is 0 Å². The number of nitrogens with zero attached hydrogens (tertiary/aromatic N) is 2. The van der Waals surface area contributed by atoms with Gasteiger partial charge in [-0.05, 0) is 18.2 Å². The zero-order valence-electron chi connectivity index (χ0n) is 7.51. The van der Waals surface area contributed by atoms with E-state index in [2.05, 4.69) is 5.10 Å². The second-order valence-corrected chi connectivity index (χ2v) is 2.59. The van der Waals surface area contributed by atoms with Crippen molar-refractivity contribution >= 4 is 53.8 Å². The van der Waals surface area contributed by atoms with Crippen LogP contribution in [0.1, 0.15) is 0 Å². The van der Waals surface area contributed by atoms with Crippen LogP contribution in [0.25, 0.3) is 10.9 Å². The zero-order valence-corrected chi connectivity index (χ0v) is 9.96. The Morgan fingerprint density at radius 2 is 1.86 bits per heavy atom. The number of aromatic nitrogens is 2. The third-order valence-corrected chi connectivity index (χ3v) is 1.77. The summed E-state index contributed by atoms with van der Waals surface area (Å²) in [6.07, 6.45) is 1.81. The van der Waals surface area contributed by atoms with Gasteiger partial charge in [0.2, 0.25) is 0 Å². The molecule has 2 rings (SSSR count). The van der Waals surface area contributed by atoms with E-state index < -0.39 is 0 Å². The predicted molar refractivity (Wildman–Crippen MR) is 66.9 cm³/mol. The Balaban J connectivity index is 0. The zero-order chi connectivity index (χ0) is 7.84. The second-order valence-electron chi connectivity index (χ2n) is 2.59. The van der Waals surface area contributed by atoms with Gasteiger partial charge in [-0.15, -0.1) is 37.2 Å². The van der Waals surface area contributed by atoms with Crippen molar-refractivity contribution in [3.8, 4) is 0 Å². The molecule has 14 heavy (non-hydrogen) atoms. The maximum Gasteiger partial charge on any atom is 0.0680 e. The van der Waals surface area contributed by atoms with E-state index in [9.17, 15) is 0 Å². The van der Waals surface area contributed by atoms with Crippen molar-refractivity contribution in [3.63, 3.8) is 0 Å². The van der Waals surface area contributed by atoms with Crippen molar-refractivity contribution in [3.05, 3.63) is 24.4 Å². The lowest BCUT2D eigenvalue weighted by molar-refractivity contribution is 0.797. The Kier molecular flexibility index (Phi) is 6.73. The molecule has 1 aromatic heterocycles. The molecular weight excluding hydrogens is 244 g/mol. The van der Waals surface area contributed by atoms with Crippen LogP contribution in [-0.2, 0) is 7.05 Å². The molecule has 0 saturated carbocycles. The quantitative estimate of drug-likeness (QED) is 0.736. The normalized spacial score (nSPS) is 8.36. The molecule has 2 aromatic rings. The van der Waals surface area contributed by atoms with Crippen LogP contribution in [0.4, 0.5) is 5.69 Å². The number of rotatable bonds is 0. The summed E-state index contributed by atoms with van der Waals surface area (Å²) < 4.78 is 1.83. The summed E-state index contributed by atoms with van der Waals surface area (Å²) in [5.41, 5.74) is 7.49. The number of halogens is 3. The van der Waals surface area contributed by atoms with Gasteiger partial charge in [-0.3, -0.25) is 4.68 Å². The first kappa shape index (κ1) is 15.8. The van der Waals surface area contributed by atoms with Gasteiger partial charge in [-0.2, -0.15) is 5.10 Å². The third kappa shape index (κ3) is 2.67. The molecule has 0 radical (unpaired) electrons. The van der Waals surface area contributed by atoms with Gasteiger partial charge in [0.1, 0.15) is 0 Å². The number of aryl methyl sites for hydroxylation is 1. The van der Waals surface area contributed by atoms with Gasteiger partial charge < -0.3 is 5.73 Å². The van der Waals surface area contributed by atoms with Crippen molar-refractivity contribution in [2.75, 3.05) is 5.73 Å². The van der Waals surface area contributed by atoms with Gasteiger partial charge in [-0.1, -0.05) is 0 Å². The molecule has 0 bridgehead atoms. The van der Waals surface area contributed by atoms with Crippen LogP contribution < -0.4 is 5.73 Å². The van der Waals surface area contributed by atoms with E-state index in [1.54, 1.807) is 0 Å². The van der Waals surface area contributed by atoms with Crippen LogP contribution in [0.2, 0.25) is 0 Å². The number of hydrogen-bond donors (Lipinski definition) is 1. The van der Waals surface area contributed by atoms with Gasteiger partial charge in [-0.25, -0.2) is 0 Å². The predicted octanol–water partition coefficient (Wildman–Crippen LogP) is 2.42. The average molecular weight is 257 g/mol. The summed E-state index contributed by atoms with van der Waals surface area (Å²) in [5, 5.41) is 5.19. The summed E-state index contributed by atoms with van der Waals surface area (Å²) in [6, 6.07) is 5.77. The van der Waals surface area contributed by atoms with Crippen LogP contribution in [0, 0.1) is 0 Å². The summed E-state index contributed by atoms with van der Waals surface area (Å²) in [4.78, 5) is 0. The second kappa shape index (κ2) is 5.96. The molecule has 80 valence electrons. The lowest BCUT2D eigenvalue weighted by atomic mass is 10.2. The Morgan fingerprint density at radius 3 is 2.50 bits per heavy atom. The van der Waals surface area contributed by atoms with Crippen molar-refractivity contribution in [1.82, 2.24) is 9.78 Å². The first-order chi connectivity index (χ1) is 5.27. The monoisotopic (exact) mass is 255 g/mol. The van der Waals surface area contributed by atoms with E-state index in [1.807, 2.05) is 36.1 Å². The molecule has 0 aliphatic heterocycles. The van der Waals surface area contributed by atoms with Gasteiger partial charge in [0.05, 0.1) is 11.7 Å². The highest BCUT2D eigenvalue weighted by Gasteiger charge is 1.97. The Morgan fingerprint density at radius 1 is 1.21 bits per heavy atom. The van der Waals surface area contributed by atoms with Crippen molar-refractivity contribution < 1.29 is 0 Å². The van der Waals surface area contributed by atoms with Gasteiger partial charge in [0, 0.05) is 18.1 Å². The van der Waals surface area contributed by atoms with Crippen molar-refractivity contribution in [1.29, 1.82) is 0 Å². The van der Waals surface area contributed by atoms with Crippen LogP contribution >= 0.6 is 37.2 Å². The lowest BCUT2D eigenvalue weighted by Gasteiger charge is -1.94.